The number of thioether (sulfide) groups is 1. The van der Waals surface area contributed by atoms with Gasteiger partial charge >= 0.3 is 0 Å². The molecule has 0 aliphatic carbocycles. The van der Waals surface area contributed by atoms with E-state index in [0.29, 0.717) is 15.6 Å². The van der Waals surface area contributed by atoms with Gasteiger partial charge in [-0.05, 0) is 30.7 Å². The number of carbonyl (C=O) groups excluding carboxylic acids is 1. The van der Waals surface area contributed by atoms with Gasteiger partial charge < -0.3 is 4.90 Å². The van der Waals surface area contributed by atoms with Crippen LogP contribution in [-0.2, 0) is 0 Å². The summed E-state index contributed by atoms with van der Waals surface area (Å²) < 4.78 is 4.78. The van der Waals surface area contributed by atoms with E-state index in [2.05, 4.69) is 17.0 Å². The Hall–Kier alpha value is -3.88. The highest BCUT2D eigenvalue weighted by Crippen LogP contribution is 2.47. The number of Topliss-reactive ketones (excluding diaryl/α,β-unsaturated/α-hetero) is 1. The highest BCUT2D eigenvalue weighted by atomic mass is 32.2. The van der Waals surface area contributed by atoms with E-state index in [1.54, 1.807) is 18.2 Å². The van der Waals surface area contributed by atoms with Gasteiger partial charge in [-0.1, -0.05) is 102 Å². The van der Waals surface area contributed by atoms with Crippen molar-refractivity contribution < 1.29 is 9.72 Å². The number of ketones is 1. The fourth-order valence-corrected chi connectivity index (χ4v) is 6.37. The summed E-state index contributed by atoms with van der Waals surface area (Å²) in [5.74, 6) is 0.0120. The molecule has 4 aromatic carbocycles. The van der Waals surface area contributed by atoms with Gasteiger partial charge in [-0.15, -0.1) is 0 Å². The van der Waals surface area contributed by atoms with Crippen molar-refractivity contribution >= 4 is 46.0 Å². The molecule has 1 aliphatic heterocycles. The molecule has 0 saturated carbocycles. The Balaban J connectivity index is 1.62. The Bertz CT molecular complexity index is 1440. The number of nitro groups is 1. The fraction of sp³-hybridized carbons (Fsp3) is 0.103. The minimum Gasteiger partial charge on any atom is -0.311 e. The molecule has 37 heavy (non-hydrogen) atoms. The Kier molecular flexibility index (Phi) is 7.39. The van der Waals surface area contributed by atoms with Crippen LogP contribution in [0.1, 0.15) is 27.5 Å². The van der Waals surface area contributed by atoms with Crippen molar-refractivity contribution in [3.63, 3.8) is 0 Å². The highest BCUT2D eigenvalue weighted by Gasteiger charge is 2.45. The number of hydrogen-bond acceptors (Lipinski definition) is 6. The van der Waals surface area contributed by atoms with E-state index < -0.39 is 10.2 Å². The Labute approximate surface area is 223 Å². The monoisotopic (exact) mass is 525 g/mol. The Morgan fingerprint density at radius 1 is 0.892 bits per heavy atom. The molecule has 1 heterocycles. The lowest BCUT2D eigenvalue weighted by atomic mass is 9.95. The lowest BCUT2D eigenvalue weighted by molar-refractivity contribution is -0.387. The quantitative estimate of drug-likeness (QED) is 0.108. The van der Waals surface area contributed by atoms with E-state index in [9.17, 15) is 14.9 Å². The second-order valence-electron chi connectivity index (χ2n) is 8.52. The number of aryl methyl sites for hydroxylation is 1. The zero-order chi connectivity index (χ0) is 25.8. The van der Waals surface area contributed by atoms with Crippen LogP contribution in [0, 0.1) is 17.0 Å². The van der Waals surface area contributed by atoms with E-state index in [0.717, 1.165) is 28.8 Å². The molecule has 0 N–H and O–H groups in total. The highest BCUT2D eigenvalue weighted by molar-refractivity contribution is 8.16. The van der Waals surface area contributed by atoms with Gasteiger partial charge in [-0.2, -0.15) is 4.40 Å². The summed E-state index contributed by atoms with van der Waals surface area (Å²) in [6.07, 6.45) is 0. The van der Waals surface area contributed by atoms with Crippen LogP contribution in [0.3, 0.4) is 0 Å². The summed E-state index contributed by atoms with van der Waals surface area (Å²) in [5, 5.41) is 11.7. The number of amidine groups is 1. The van der Waals surface area contributed by atoms with Crippen LogP contribution in [0.4, 0.5) is 11.4 Å². The molecule has 1 saturated heterocycles. The van der Waals surface area contributed by atoms with Gasteiger partial charge in [0.25, 0.3) is 5.69 Å². The van der Waals surface area contributed by atoms with E-state index in [1.807, 2.05) is 79.7 Å². The van der Waals surface area contributed by atoms with Crippen LogP contribution < -0.4 is 4.90 Å². The summed E-state index contributed by atoms with van der Waals surface area (Å²) in [5.41, 5.74) is 3.66. The van der Waals surface area contributed by atoms with Crippen molar-refractivity contribution in [1.29, 1.82) is 0 Å². The maximum Gasteiger partial charge on any atom is 0.284 e. The van der Waals surface area contributed by atoms with E-state index in [1.165, 1.54) is 17.8 Å². The molecule has 0 bridgehead atoms. The molecule has 0 amide bonds. The molecule has 184 valence electrons. The maximum atomic E-state index is 13.8. The van der Waals surface area contributed by atoms with Crippen molar-refractivity contribution in [3.05, 3.63) is 136 Å². The zero-order valence-electron chi connectivity index (χ0n) is 19.9. The molecule has 0 aromatic heterocycles. The lowest BCUT2D eigenvalue weighted by Gasteiger charge is -2.28. The van der Waals surface area contributed by atoms with Gasteiger partial charge in [-0.3, -0.25) is 14.9 Å². The topological polar surface area (TPSA) is 75.8 Å². The summed E-state index contributed by atoms with van der Waals surface area (Å²) in [6.45, 7) is 2.03. The molecule has 8 heteroatoms. The first-order chi connectivity index (χ1) is 18.0. The molecule has 1 fully saturated rings. The van der Waals surface area contributed by atoms with Gasteiger partial charge in [0.2, 0.25) is 0 Å². The largest absolute Gasteiger partial charge is 0.311 e. The molecule has 5 rings (SSSR count). The predicted molar refractivity (Wildman–Crippen MR) is 151 cm³/mol. The number of para-hydroxylation sites is 2. The standard InChI is InChI=1S/C29H23N3O3S2/c1-20-16-18-21(19-17-20)26-28(27(33)22-10-4-2-5-11-22)36-29(31(26)23-12-6-3-7-13-23)30-37-25-15-9-8-14-24(25)32(34)35/h2-19,26,28H,1H3/b30-29-/t26-,28+/m0/s1. The first-order valence-electron chi connectivity index (χ1n) is 11.7. The number of anilines is 1. The van der Waals surface area contributed by atoms with Gasteiger partial charge in [0.15, 0.2) is 11.0 Å². The normalized spacial score (nSPS) is 18.2. The van der Waals surface area contributed by atoms with E-state index in [4.69, 9.17) is 4.40 Å². The number of nitro benzene ring substituents is 1. The number of benzene rings is 4. The number of carbonyl (C=O) groups is 1. The summed E-state index contributed by atoms with van der Waals surface area (Å²) in [4.78, 5) is 27.5. The average Bonchev–Trinajstić information content (AvgIpc) is 3.32. The van der Waals surface area contributed by atoms with Crippen LogP contribution in [0.25, 0.3) is 0 Å². The van der Waals surface area contributed by atoms with Gasteiger partial charge in [-0.25, -0.2) is 0 Å². The van der Waals surface area contributed by atoms with Crippen molar-refractivity contribution in [2.75, 3.05) is 4.90 Å². The number of hydrogen-bond donors (Lipinski definition) is 0. The van der Waals surface area contributed by atoms with Crippen molar-refractivity contribution in [1.82, 2.24) is 0 Å². The molecular weight excluding hydrogens is 502 g/mol. The molecule has 1 aliphatic rings. The molecule has 2 atom stereocenters. The predicted octanol–water partition coefficient (Wildman–Crippen LogP) is 7.51. The smallest absolute Gasteiger partial charge is 0.284 e. The van der Waals surface area contributed by atoms with E-state index >= 15 is 0 Å². The molecule has 0 radical (unpaired) electrons. The minimum atomic E-state index is -0.463. The third-order valence-electron chi connectivity index (χ3n) is 6.06. The lowest BCUT2D eigenvalue weighted by Crippen LogP contribution is -2.33. The maximum absolute atomic E-state index is 13.8. The van der Waals surface area contributed by atoms with Crippen LogP contribution in [0.15, 0.2) is 118 Å². The molecule has 4 aromatic rings. The third-order valence-corrected chi connectivity index (χ3v) is 8.20. The van der Waals surface area contributed by atoms with Gasteiger partial charge in [0, 0.05) is 29.3 Å². The first-order valence-corrected chi connectivity index (χ1v) is 13.3. The second kappa shape index (κ2) is 11.0. The summed E-state index contributed by atoms with van der Waals surface area (Å²) in [6, 6.07) is 33.5. The van der Waals surface area contributed by atoms with Crippen LogP contribution in [-0.4, -0.2) is 21.1 Å². The van der Waals surface area contributed by atoms with Crippen LogP contribution >= 0.6 is 23.7 Å². The first kappa shape index (κ1) is 24.8. The number of nitrogens with zero attached hydrogens (tertiary/aromatic N) is 3. The molecule has 0 unspecified atom stereocenters. The molecule has 6 nitrogen and oxygen atoms in total. The van der Waals surface area contributed by atoms with Crippen molar-refractivity contribution in [2.45, 2.75) is 23.1 Å². The fourth-order valence-electron chi connectivity index (χ4n) is 4.24. The Morgan fingerprint density at radius 2 is 1.51 bits per heavy atom. The zero-order valence-corrected chi connectivity index (χ0v) is 21.6. The van der Waals surface area contributed by atoms with Crippen LogP contribution in [0.5, 0.6) is 0 Å². The molecular formula is C29H23N3O3S2. The average molecular weight is 526 g/mol. The van der Waals surface area contributed by atoms with Crippen molar-refractivity contribution in [3.8, 4) is 0 Å². The van der Waals surface area contributed by atoms with Gasteiger partial charge in [0.05, 0.1) is 11.0 Å². The van der Waals surface area contributed by atoms with Gasteiger partial charge in [0.1, 0.15) is 10.1 Å². The number of rotatable bonds is 7. The summed E-state index contributed by atoms with van der Waals surface area (Å²) in [7, 11) is 0. The Morgan fingerprint density at radius 3 is 2.19 bits per heavy atom. The minimum absolute atomic E-state index is 0.00176. The second-order valence-corrected chi connectivity index (χ2v) is 10.4. The van der Waals surface area contributed by atoms with Crippen molar-refractivity contribution in [2.24, 2.45) is 4.40 Å². The molecule has 0 spiro atoms. The van der Waals surface area contributed by atoms with Crippen LogP contribution in [0.2, 0.25) is 0 Å². The van der Waals surface area contributed by atoms with E-state index in [-0.39, 0.29) is 17.5 Å². The SMILES string of the molecule is Cc1ccc([C@H]2[C@H](C(=O)c3ccccc3)S/C(=N\Sc3ccccc3[N+](=O)[O-])N2c2ccccc2)cc1. The summed E-state index contributed by atoms with van der Waals surface area (Å²) >= 11 is 2.45. The third kappa shape index (κ3) is 5.30.